The van der Waals surface area contributed by atoms with Crippen LogP contribution in [-0.4, -0.2) is 37.2 Å². The van der Waals surface area contributed by atoms with Crippen LogP contribution in [0, 0.1) is 0 Å². The number of rotatable bonds is 6. The summed E-state index contributed by atoms with van der Waals surface area (Å²) in [6.45, 7) is 1.67. The lowest BCUT2D eigenvalue weighted by atomic mass is 10.2. The minimum absolute atomic E-state index is 0.518. The summed E-state index contributed by atoms with van der Waals surface area (Å²) in [7, 11) is 1.75. The summed E-state index contributed by atoms with van der Waals surface area (Å²) in [5.41, 5.74) is 0. The first-order chi connectivity index (χ1) is 8.78. The molecular weight excluding hydrogens is 332 g/mol. The second kappa shape index (κ2) is 7.53. The second-order valence-electron chi connectivity index (χ2n) is 4.08. The third-order valence-corrected chi connectivity index (χ3v) is 5.43. The van der Waals surface area contributed by atoms with Gasteiger partial charge in [0.25, 0.3) is 0 Å². The van der Waals surface area contributed by atoms with Gasteiger partial charge in [0.15, 0.2) is 5.17 Å². The molecule has 1 aromatic rings. The largest absolute Gasteiger partial charge is 0.385 e. The molecule has 1 atom stereocenters. The molecule has 0 spiro atoms. The van der Waals surface area contributed by atoms with Crippen molar-refractivity contribution in [1.29, 1.82) is 0 Å². The van der Waals surface area contributed by atoms with Crippen LogP contribution in [0.15, 0.2) is 20.9 Å². The van der Waals surface area contributed by atoms with Crippen LogP contribution in [0.25, 0.3) is 0 Å². The van der Waals surface area contributed by atoms with Crippen LogP contribution >= 0.6 is 39.0 Å². The Morgan fingerprint density at radius 1 is 1.56 bits per heavy atom. The Kier molecular flexibility index (Phi) is 6.01. The van der Waals surface area contributed by atoms with Crippen LogP contribution in [-0.2, 0) is 11.2 Å². The van der Waals surface area contributed by atoms with Crippen molar-refractivity contribution in [3.8, 4) is 0 Å². The Morgan fingerprint density at radius 2 is 2.44 bits per heavy atom. The zero-order chi connectivity index (χ0) is 12.8. The Balaban J connectivity index is 1.71. The molecular formula is C12H17BrN2OS2. The number of thiophene rings is 1. The molecule has 1 aliphatic rings. The summed E-state index contributed by atoms with van der Waals surface area (Å²) in [5, 5.41) is 4.53. The quantitative estimate of drug-likeness (QED) is 0.857. The fourth-order valence-electron chi connectivity index (χ4n) is 1.70. The lowest BCUT2D eigenvalue weighted by molar-refractivity contribution is 0.188. The maximum Gasteiger partial charge on any atom is 0.156 e. The zero-order valence-electron chi connectivity index (χ0n) is 10.3. The highest BCUT2D eigenvalue weighted by Crippen LogP contribution is 2.22. The van der Waals surface area contributed by atoms with Gasteiger partial charge in [-0.1, -0.05) is 11.8 Å². The molecule has 0 saturated carbocycles. The van der Waals surface area contributed by atoms with Crippen molar-refractivity contribution in [2.75, 3.05) is 26.0 Å². The highest BCUT2D eigenvalue weighted by Gasteiger charge is 2.19. The van der Waals surface area contributed by atoms with Crippen molar-refractivity contribution < 1.29 is 4.74 Å². The van der Waals surface area contributed by atoms with Gasteiger partial charge in [0, 0.05) is 43.4 Å². The monoisotopic (exact) mass is 348 g/mol. The van der Waals surface area contributed by atoms with Crippen LogP contribution in [0.5, 0.6) is 0 Å². The third kappa shape index (κ3) is 4.57. The molecule has 1 aromatic heterocycles. The molecule has 1 aliphatic heterocycles. The number of thioether (sulfide) groups is 1. The van der Waals surface area contributed by atoms with Gasteiger partial charge in [0.2, 0.25) is 0 Å². The maximum absolute atomic E-state index is 5.09. The number of methoxy groups -OCH3 is 1. The molecule has 0 aromatic carbocycles. The molecule has 6 heteroatoms. The molecule has 3 nitrogen and oxygen atoms in total. The van der Waals surface area contributed by atoms with Crippen LogP contribution in [0.4, 0.5) is 0 Å². The first-order valence-corrected chi connectivity index (χ1v) is 8.54. The number of ether oxygens (including phenoxy) is 1. The van der Waals surface area contributed by atoms with E-state index in [1.807, 2.05) is 11.8 Å². The van der Waals surface area contributed by atoms with E-state index in [0.717, 1.165) is 36.9 Å². The van der Waals surface area contributed by atoms with Gasteiger partial charge in [-0.05, 0) is 34.5 Å². The lowest BCUT2D eigenvalue weighted by Gasteiger charge is -2.08. The van der Waals surface area contributed by atoms with Gasteiger partial charge in [-0.3, -0.25) is 4.99 Å². The van der Waals surface area contributed by atoms with Gasteiger partial charge in [0.1, 0.15) is 0 Å². The molecule has 1 fully saturated rings. The fraction of sp³-hybridized carbons (Fsp3) is 0.583. The van der Waals surface area contributed by atoms with Gasteiger partial charge in [0.05, 0.1) is 3.79 Å². The van der Waals surface area contributed by atoms with E-state index in [2.05, 4.69) is 38.4 Å². The highest BCUT2D eigenvalue weighted by molar-refractivity contribution is 9.11. The number of nitrogens with one attached hydrogen (secondary N) is 1. The van der Waals surface area contributed by atoms with E-state index in [1.54, 1.807) is 18.4 Å². The summed E-state index contributed by atoms with van der Waals surface area (Å²) in [6.07, 6.45) is 2.07. The molecule has 0 aliphatic carbocycles. The molecule has 0 amide bonds. The van der Waals surface area contributed by atoms with Crippen molar-refractivity contribution in [3.05, 3.63) is 20.8 Å². The summed E-state index contributed by atoms with van der Waals surface area (Å²) < 4.78 is 6.28. The molecule has 2 heterocycles. The number of hydrogen-bond donors (Lipinski definition) is 1. The Bertz CT molecular complexity index is 409. The van der Waals surface area contributed by atoms with Gasteiger partial charge in [-0.2, -0.15) is 0 Å². The number of aliphatic imine (C=N–C) groups is 1. The van der Waals surface area contributed by atoms with Gasteiger partial charge >= 0.3 is 0 Å². The summed E-state index contributed by atoms with van der Waals surface area (Å²) in [5.74, 6) is 1.10. The Labute approximate surface area is 125 Å². The maximum atomic E-state index is 5.09. The molecule has 1 saturated heterocycles. The van der Waals surface area contributed by atoms with E-state index in [1.165, 1.54) is 8.66 Å². The van der Waals surface area contributed by atoms with E-state index >= 15 is 0 Å². The average molecular weight is 349 g/mol. The van der Waals surface area contributed by atoms with Crippen molar-refractivity contribution >= 4 is 44.2 Å². The normalized spacial score (nSPS) is 21.4. The summed E-state index contributed by atoms with van der Waals surface area (Å²) >= 11 is 7.08. The topological polar surface area (TPSA) is 33.6 Å². The summed E-state index contributed by atoms with van der Waals surface area (Å²) in [4.78, 5) is 5.98. The molecule has 1 unspecified atom stereocenters. The molecule has 18 heavy (non-hydrogen) atoms. The highest BCUT2D eigenvalue weighted by atomic mass is 79.9. The fourth-order valence-corrected chi connectivity index (χ4v) is 4.21. The van der Waals surface area contributed by atoms with Crippen molar-refractivity contribution in [1.82, 2.24) is 5.32 Å². The molecule has 0 radical (unpaired) electrons. The minimum Gasteiger partial charge on any atom is -0.385 e. The Morgan fingerprint density at radius 3 is 3.17 bits per heavy atom. The number of halogens is 1. The zero-order valence-corrected chi connectivity index (χ0v) is 13.5. The van der Waals surface area contributed by atoms with Crippen molar-refractivity contribution in [3.63, 3.8) is 0 Å². The van der Waals surface area contributed by atoms with Gasteiger partial charge in [-0.25, -0.2) is 0 Å². The summed E-state index contributed by atoms with van der Waals surface area (Å²) in [6, 6.07) is 4.77. The van der Waals surface area contributed by atoms with Crippen LogP contribution in [0.2, 0.25) is 0 Å². The van der Waals surface area contributed by atoms with E-state index in [4.69, 9.17) is 4.74 Å². The van der Waals surface area contributed by atoms with Crippen LogP contribution in [0.1, 0.15) is 11.3 Å². The third-order valence-electron chi connectivity index (χ3n) is 2.66. The van der Waals surface area contributed by atoms with Gasteiger partial charge in [-0.15, -0.1) is 11.3 Å². The SMILES string of the molecule is COCCC1CSC(=NCCc2ccc(Br)s2)N1. The molecule has 100 valence electrons. The van der Waals surface area contributed by atoms with Crippen molar-refractivity contribution in [2.45, 2.75) is 18.9 Å². The number of hydrogen-bond acceptors (Lipinski definition) is 4. The Hall–Kier alpha value is -0.0400. The van der Waals surface area contributed by atoms with Crippen molar-refractivity contribution in [2.24, 2.45) is 4.99 Å². The first kappa shape index (κ1) is 14.4. The van der Waals surface area contributed by atoms with Crippen LogP contribution < -0.4 is 5.32 Å². The molecule has 2 rings (SSSR count). The lowest BCUT2D eigenvalue weighted by Crippen LogP contribution is -2.28. The predicted octanol–water partition coefficient (Wildman–Crippen LogP) is 3.15. The minimum atomic E-state index is 0.518. The van der Waals surface area contributed by atoms with E-state index in [-0.39, 0.29) is 0 Å². The van der Waals surface area contributed by atoms with Crippen LogP contribution in [0.3, 0.4) is 0 Å². The molecule has 0 bridgehead atoms. The first-order valence-electron chi connectivity index (χ1n) is 5.95. The number of nitrogens with zero attached hydrogens (tertiary/aromatic N) is 1. The molecule has 1 N–H and O–H groups in total. The van der Waals surface area contributed by atoms with E-state index in [9.17, 15) is 0 Å². The number of amidine groups is 1. The average Bonchev–Trinajstić information content (AvgIpc) is 2.96. The van der Waals surface area contributed by atoms with E-state index < -0.39 is 0 Å². The predicted molar refractivity (Wildman–Crippen MR) is 83.9 cm³/mol. The van der Waals surface area contributed by atoms with Gasteiger partial charge < -0.3 is 10.1 Å². The standard InChI is InChI=1S/C12H17BrN2OS2/c1-16-7-5-9-8-17-12(15-9)14-6-4-10-2-3-11(13)18-10/h2-3,9H,4-8H2,1H3,(H,14,15). The smallest absolute Gasteiger partial charge is 0.156 e. The second-order valence-corrected chi connectivity index (χ2v) is 7.63. The van der Waals surface area contributed by atoms with E-state index in [0.29, 0.717) is 6.04 Å².